The highest BCUT2D eigenvalue weighted by atomic mass is 79.9. The van der Waals surface area contributed by atoms with Gasteiger partial charge in [-0.15, -0.1) is 0 Å². The Morgan fingerprint density at radius 1 is 0.613 bits per heavy atom. The standard InChI is InChI=1S/C28H24BrNP/c1-28(22-21-23-13-11-12-20-27(23)30(28)29)31(24-14-5-2-6-15-24,25-16-7-3-8-17-25)26-18-9-4-10-19-26/h2-22H,1H3/q+1. The molecule has 3 heteroatoms. The molecule has 1 nitrogen and oxygen atoms in total. The molecule has 0 bridgehead atoms. The van der Waals surface area contributed by atoms with Gasteiger partial charge in [0.2, 0.25) is 0 Å². The number of rotatable bonds is 4. The summed E-state index contributed by atoms with van der Waals surface area (Å²) < 4.78 is 2.32. The van der Waals surface area contributed by atoms with Crippen LogP contribution in [0.5, 0.6) is 0 Å². The Labute approximate surface area is 193 Å². The summed E-state index contributed by atoms with van der Waals surface area (Å²) in [4.78, 5) is 0. The van der Waals surface area contributed by atoms with Crippen molar-refractivity contribution < 1.29 is 0 Å². The molecule has 31 heavy (non-hydrogen) atoms. The number of hydrogen-bond donors (Lipinski definition) is 0. The first-order chi connectivity index (χ1) is 15.2. The van der Waals surface area contributed by atoms with E-state index in [0.717, 1.165) is 0 Å². The molecule has 1 unspecified atom stereocenters. The van der Waals surface area contributed by atoms with E-state index >= 15 is 0 Å². The molecule has 152 valence electrons. The maximum absolute atomic E-state index is 4.05. The molecule has 0 fully saturated rings. The molecular weight excluding hydrogens is 461 g/mol. The fourth-order valence-corrected chi connectivity index (χ4v) is 10.9. The van der Waals surface area contributed by atoms with Gasteiger partial charge in [-0.05, 0) is 61.0 Å². The zero-order valence-corrected chi connectivity index (χ0v) is 19.9. The van der Waals surface area contributed by atoms with Gasteiger partial charge >= 0.3 is 0 Å². The monoisotopic (exact) mass is 484 g/mol. The molecule has 4 aromatic carbocycles. The Morgan fingerprint density at radius 2 is 1.03 bits per heavy atom. The summed E-state index contributed by atoms with van der Waals surface area (Å²) in [6, 6.07) is 41.7. The largest absolute Gasteiger partial charge is 0.265 e. The molecule has 0 N–H and O–H groups in total. The lowest BCUT2D eigenvalue weighted by molar-refractivity contribution is 0.837. The highest BCUT2D eigenvalue weighted by molar-refractivity contribution is 9.10. The van der Waals surface area contributed by atoms with Gasteiger partial charge in [0.15, 0.2) is 5.28 Å². The summed E-state index contributed by atoms with van der Waals surface area (Å²) in [7, 11) is -2.16. The molecular formula is C28H24BrNP+. The first kappa shape index (κ1) is 20.2. The molecule has 0 aliphatic carbocycles. The van der Waals surface area contributed by atoms with Crippen LogP contribution in [0.3, 0.4) is 0 Å². The van der Waals surface area contributed by atoms with Gasteiger partial charge in [0.1, 0.15) is 23.2 Å². The second kappa shape index (κ2) is 8.11. The highest BCUT2D eigenvalue weighted by Gasteiger charge is 2.62. The summed E-state index contributed by atoms with van der Waals surface area (Å²) in [5, 5.41) is 3.78. The minimum Gasteiger partial charge on any atom is -0.265 e. The Bertz CT molecular complexity index is 1110. The van der Waals surface area contributed by atoms with E-state index in [9.17, 15) is 0 Å². The molecule has 1 atom stereocenters. The van der Waals surface area contributed by atoms with E-state index in [-0.39, 0.29) is 5.28 Å². The Balaban J connectivity index is 1.90. The molecule has 4 aromatic rings. The summed E-state index contributed by atoms with van der Waals surface area (Å²) in [5.41, 5.74) is 2.42. The molecule has 0 saturated carbocycles. The van der Waals surface area contributed by atoms with E-state index in [4.69, 9.17) is 0 Å². The van der Waals surface area contributed by atoms with Gasteiger partial charge in [-0.1, -0.05) is 78.9 Å². The normalized spacial score (nSPS) is 17.9. The fraction of sp³-hybridized carbons (Fsp3) is 0.0714. The van der Waals surface area contributed by atoms with E-state index in [1.165, 1.54) is 27.2 Å². The molecule has 1 aliphatic rings. The molecule has 0 saturated heterocycles. The van der Waals surface area contributed by atoms with Gasteiger partial charge in [0.25, 0.3) is 0 Å². The maximum atomic E-state index is 4.05. The number of benzene rings is 4. The van der Waals surface area contributed by atoms with Crippen molar-refractivity contribution in [1.82, 2.24) is 0 Å². The highest BCUT2D eigenvalue weighted by Crippen LogP contribution is 2.69. The van der Waals surface area contributed by atoms with Gasteiger partial charge < -0.3 is 0 Å². The van der Waals surface area contributed by atoms with Crippen LogP contribution in [-0.4, -0.2) is 5.28 Å². The van der Waals surface area contributed by atoms with Crippen LogP contribution in [0.2, 0.25) is 0 Å². The van der Waals surface area contributed by atoms with Gasteiger partial charge in [0, 0.05) is 0 Å². The van der Waals surface area contributed by atoms with Crippen LogP contribution in [0, 0.1) is 0 Å². The summed E-state index contributed by atoms with van der Waals surface area (Å²) in [6.45, 7) is 2.37. The second-order valence-electron chi connectivity index (χ2n) is 7.94. The summed E-state index contributed by atoms with van der Waals surface area (Å²) >= 11 is 4.05. The molecule has 1 aliphatic heterocycles. The van der Waals surface area contributed by atoms with E-state index < -0.39 is 7.26 Å². The van der Waals surface area contributed by atoms with E-state index in [1.807, 2.05) is 0 Å². The third-order valence-corrected chi connectivity index (χ3v) is 12.6. The Morgan fingerprint density at radius 3 is 1.52 bits per heavy atom. The van der Waals surface area contributed by atoms with Crippen molar-refractivity contribution >= 4 is 51.1 Å². The third-order valence-electron chi connectivity index (χ3n) is 6.23. The molecule has 5 rings (SSSR count). The van der Waals surface area contributed by atoms with Gasteiger partial charge in [0.05, 0.1) is 21.8 Å². The number of anilines is 1. The number of nitrogens with zero attached hydrogens (tertiary/aromatic N) is 1. The van der Waals surface area contributed by atoms with Crippen LogP contribution in [-0.2, 0) is 0 Å². The van der Waals surface area contributed by atoms with E-state index in [2.05, 4.69) is 154 Å². The molecule has 0 spiro atoms. The zero-order chi connectivity index (χ0) is 21.3. The van der Waals surface area contributed by atoms with Crippen LogP contribution in [0.15, 0.2) is 121 Å². The van der Waals surface area contributed by atoms with Crippen LogP contribution >= 0.6 is 23.4 Å². The minimum absolute atomic E-state index is 0.314. The SMILES string of the molecule is CC1([P+](c2ccccc2)(c2ccccc2)c2ccccc2)C=Cc2ccccc2N1Br. The van der Waals surface area contributed by atoms with E-state index in [1.54, 1.807) is 0 Å². The van der Waals surface area contributed by atoms with Gasteiger partial charge in [-0.25, -0.2) is 0 Å². The first-order valence-corrected chi connectivity index (χ1v) is 13.0. The number of hydrogen-bond acceptors (Lipinski definition) is 1. The third kappa shape index (κ3) is 3.09. The van der Waals surface area contributed by atoms with Crippen molar-refractivity contribution in [3.05, 3.63) is 127 Å². The van der Waals surface area contributed by atoms with Crippen molar-refractivity contribution in [1.29, 1.82) is 0 Å². The quantitative estimate of drug-likeness (QED) is 0.234. The predicted molar refractivity (Wildman–Crippen MR) is 140 cm³/mol. The van der Waals surface area contributed by atoms with Crippen molar-refractivity contribution in [3.8, 4) is 0 Å². The summed E-state index contributed by atoms with van der Waals surface area (Å²) in [6.07, 6.45) is 4.68. The minimum atomic E-state index is -2.16. The molecule has 0 amide bonds. The van der Waals surface area contributed by atoms with Crippen LogP contribution in [0.4, 0.5) is 5.69 Å². The second-order valence-corrected chi connectivity index (χ2v) is 12.5. The van der Waals surface area contributed by atoms with Crippen LogP contribution in [0.25, 0.3) is 6.08 Å². The van der Waals surface area contributed by atoms with Crippen molar-refractivity contribution in [3.63, 3.8) is 0 Å². The number of para-hydroxylation sites is 1. The average Bonchev–Trinajstić information content (AvgIpc) is 2.84. The zero-order valence-electron chi connectivity index (χ0n) is 17.4. The van der Waals surface area contributed by atoms with Crippen LogP contribution in [0.1, 0.15) is 12.5 Å². The molecule has 0 radical (unpaired) electrons. The average molecular weight is 485 g/mol. The van der Waals surface area contributed by atoms with Crippen molar-refractivity contribution in [2.24, 2.45) is 0 Å². The van der Waals surface area contributed by atoms with Gasteiger partial charge in [-0.2, -0.15) is 0 Å². The molecule has 0 aromatic heterocycles. The molecule has 1 heterocycles. The van der Waals surface area contributed by atoms with Crippen LogP contribution < -0.4 is 19.8 Å². The van der Waals surface area contributed by atoms with Crippen molar-refractivity contribution in [2.45, 2.75) is 12.2 Å². The lowest BCUT2D eigenvalue weighted by Gasteiger charge is -2.47. The number of fused-ring (bicyclic) bond motifs is 1. The smallest absolute Gasteiger partial charge is 0.190 e. The van der Waals surface area contributed by atoms with E-state index in [0.29, 0.717) is 0 Å². The fourth-order valence-electron chi connectivity index (χ4n) is 4.79. The Kier molecular flexibility index (Phi) is 5.30. The van der Waals surface area contributed by atoms with Gasteiger partial charge in [-0.3, -0.25) is 3.93 Å². The Hall–Kier alpha value is -2.67. The van der Waals surface area contributed by atoms with Crippen molar-refractivity contribution in [2.75, 3.05) is 3.93 Å². The lowest BCUT2D eigenvalue weighted by Crippen LogP contribution is -2.53. The topological polar surface area (TPSA) is 3.24 Å². The lowest BCUT2D eigenvalue weighted by atomic mass is 10.1. The summed E-state index contributed by atoms with van der Waals surface area (Å²) in [5.74, 6) is 0. The maximum Gasteiger partial charge on any atom is 0.190 e. The predicted octanol–water partition coefficient (Wildman–Crippen LogP) is 6.54. The first-order valence-electron chi connectivity index (χ1n) is 10.5. The number of halogens is 1.